The molecule has 27 heavy (non-hydrogen) atoms. The molecule has 0 aromatic heterocycles. The first-order valence-electron chi connectivity index (χ1n) is 8.38. The van der Waals surface area contributed by atoms with E-state index in [2.05, 4.69) is 0 Å². The fourth-order valence-corrected chi connectivity index (χ4v) is 3.97. The Bertz CT molecular complexity index is 876. The lowest BCUT2D eigenvalue weighted by Crippen LogP contribution is -2.12. The van der Waals surface area contributed by atoms with Crippen LogP contribution in [0.3, 0.4) is 0 Å². The molecule has 0 aliphatic rings. The molecule has 1 N–H and O–H groups in total. The SMILES string of the molecule is O=C(O)c1ccc(P(=O)(OCc2ccccc2)OCc2ccccc2)cc1. The second-order valence-corrected chi connectivity index (χ2v) is 7.90. The zero-order chi connectivity index (χ0) is 19.1. The van der Waals surface area contributed by atoms with Gasteiger partial charge >= 0.3 is 13.6 Å². The Labute approximate surface area is 157 Å². The lowest BCUT2D eigenvalue weighted by atomic mass is 10.2. The van der Waals surface area contributed by atoms with Gasteiger partial charge in [-0.3, -0.25) is 4.57 Å². The van der Waals surface area contributed by atoms with Crippen LogP contribution in [0.25, 0.3) is 0 Å². The number of rotatable bonds is 8. The topological polar surface area (TPSA) is 72.8 Å². The van der Waals surface area contributed by atoms with Crippen LogP contribution in [-0.4, -0.2) is 11.1 Å². The molecule has 0 spiro atoms. The van der Waals surface area contributed by atoms with Crippen LogP contribution in [0.15, 0.2) is 84.9 Å². The van der Waals surface area contributed by atoms with E-state index in [4.69, 9.17) is 14.2 Å². The van der Waals surface area contributed by atoms with E-state index in [0.29, 0.717) is 5.30 Å². The quantitative estimate of drug-likeness (QED) is 0.575. The third kappa shape index (κ3) is 5.14. The van der Waals surface area contributed by atoms with Gasteiger partial charge in [0.1, 0.15) is 0 Å². The predicted octanol–water partition coefficient (Wildman–Crippen LogP) is 4.64. The molecule has 0 aliphatic carbocycles. The summed E-state index contributed by atoms with van der Waals surface area (Å²) in [6.07, 6.45) is 0. The lowest BCUT2D eigenvalue weighted by molar-refractivity contribution is 0.0697. The van der Waals surface area contributed by atoms with Crippen LogP contribution in [0.4, 0.5) is 0 Å². The Hall–Kier alpha value is -2.72. The Balaban J connectivity index is 1.82. The van der Waals surface area contributed by atoms with E-state index >= 15 is 0 Å². The van der Waals surface area contributed by atoms with Gasteiger partial charge in [-0.2, -0.15) is 0 Å². The lowest BCUT2D eigenvalue weighted by Gasteiger charge is -2.19. The maximum Gasteiger partial charge on any atom is 0.361 e. The Kier molecular flexibility index (Phi) is 6.20. The summed E-state index contributed by atoms with van der Waals surface area (Å²) in [6, 6.07) is 24.5. The highest BCUT2D eigenvalue weighted by Gasteiger charge is 2.28. The molecule has 0 heterocycles. The van der Waals surface area contributed by atoms with Crippen molar-refractivity contribution in [3.8, 4) is 0 Å². The molecule has 5 nitrogen and oxygen atoms in total. The van der Waals surface area contributed by atoms with Gasteiger partial charge in [0.25, 0.3) is 0 Å². The number of carbonyl (C=O) groups is 1. The molecule has 3 aromatic rings. The zero-order valence-electron chi connectivity index (χ0n) is 14.5. The van der Waals surface area contributed by atoms with Crippen molar-refractivity contribution in [3.05, 3.63) is 102 Å². The van der Waals surface area contributed by atoms with E-state index in [9.17, 15) is 9.36 Å². The number of hydrogen-bond donors (Lipinski definition) is 1. The summed E-state index contributed by atoms with van der Waals surface area (Å²) in [6.45, 7) is 0.237. The monoisotopic (exact) mass is 382 g/mol. The van der Waals surface area contributed by atoms with Crippen molar-refractivity contribution in [1.29, 1.82) is 0 Å². The van der Waals surface area contributed by atoms with Crippen molar-refractivity contribution in [2.24, 2.45) is 0 Å². The Morgan fingerprint density at radius 3 is 1.59 bits per heavy atom. The standard InChI is InChI=1S/C21H19O5P/c22-21(23)19-11-13-20(14-12-19)27(24,25-15-17-7-3-1-4-8-17)26-16-18-9-5-2-6-10-18/h1-14H,15-16H2,(H,22,23). The van der Waals surface area contributed by atoms with Crippen LogP contribution in [0.5, 0.6) is 0 Å². The summed E-state index contributed by atoms with van der Waals surface area (Å²) in [5.41, 5.74) is 1.84. The predicted molar refractivity (Wildman–Crippen MR) is 103 cm³/mol. The van der Waals surface area contributed by atoms with Crippen LogP contribution in [0.1, 0.15) is 21.5 Å². The van der Waals surface area contributed by atoms with Gasteiger partial charge in [-0.05, 0) is 35.4 Å². The molecular formula is C21H19O5P. The highest BCUT2D eigenvalue weighted by molar-refractivity contribution is 7.62. The smallest absolute Gasteiger partial charge is 0.361 e. The van der Waals surface area contributed by atoms with Crippen molar-refractivity contribution in [2.75, 3.05) is 0 Å². The number of aromatic carboxylic acids is 1. The maximum atomic E-state index is 13.5. The number of hydrogen-bond acceptors (Lipinski definition) is 4. The summed E-state index contributed by atoms with van der Waals surface area (Å²) in [5, 5.41) is 9.37. The van der Waals surface area contributed by atoms with Crippen molar-refractivity contribution in [3.63, 3.8) is 0 Å². The molecule has 0 saturated heterocycles. The van der Waals surface area contributed by atoms with E-state index in [0.717, 1.165) is 11.1 Å². The first kappa shape index (κ1) is 19.1. The Morgan fingerprint density at radius 2 is 1.19 bits per heavy atom. The third-order valence-corrected chi connectivity index (χ3v) is 5.79. The average Bonchev–Trinajstić information content (AvgIpc) is 2.72. The summed E-state index contributed by atoms with van der Waals surface area (Å²) in [7, 11) is -3.65. The minimum Gasteiger partial charge on any atom is -0.478 e. The summed E-state index contributed by atoms with van der Waals surface area (Å²) < 4.78 is 24.9. The second kappa shape index (κ2) is 8.78. The number of carboxylic acid groups (broad SMARTS) is 1. The van der Waals surface area contributed by atoms with Crippen LogP contribution < -0.4 is 5.30 Å². The summed E-state index contributed by atoms with van der Waals surface area (Å²) >= 11 is 0. The van der Waals surface area contributed by atoms with E-state index in [-0.39, 0.29) is 18.8 Å². The van der Waals surface area contributed by atoms with Gasteiger partial charge in [-0.1, -0.05) is 60.7 Å². The van der Waals surface area contributed by atoms with Crippen LogP contribution in [0.2, 0.25) is 0 Å². The van der Waals surface area contributed by atoms with Gasteiger partial charge in [-0.25, -0.2) is 4.79 Å². The van der Waals surface area contributed by atoms with Gasteiger partial charge in [0.15, 0.2) is 0 Å². The Morgan fingerprint density at radius 1 is 0.741 bits per heavy atom. The first-order valence-corrected chi connectivity index (χ1v) is 9.92. The number of carboxylic acids is 1. The molecule has 0 atom stereocenters. The molecular weight excluding hydrogens is 363 g/mol. The van der Waals surface area contributed by atoms with E-state index in [1.54, 1.807) is 0 Å². The van der Waals surface area contributed by atoms with Crippen molar-refractivity contribution in [1.82, 2.24) is 0 Å². The summed E-state index contributed by atoms with van der Waals surface area (Å²) in [5.74, 6) is -1.05. The summed E-state index contributed by atoms with van der Waals surface area (Å²) in [4.78, 5) is 11.1. The molecule has 0 unspecified atom stereocenters. The fourth-order valence-electron chi connectivity index (χ4n) is 2.44. The van der Waals surface area contributed by atoms with Crippen LogP contribution in [-0.2, 0) is 26.8 Å². The highest BCUT2D eigenvalue weighted by Crippen LogP contribution is 2.48. The van der Waals surface area contributed by atoms with Crippen LogP contribution >= 0.6 is 7.60 Å². The normalized spacial score (nSPS) is 11.3. The minimum atomic E-state index is -3.65. The molecule has 138 valence electrons. The molecule has 3 rings (SSSR count). The van der Waals surface area contributed by atoms with Crippen molar-refractivity contribution in [2.45, 2.75) is 13.2 Å². The second-order valence-electron chi connectivity index (χ2n) is 5.87. The number of benzene rings is 3. The van der Waals surface area contributed by atoms with Gasteiger partial charge in [-0.15, -0.1) is 0 Å². The van der Waals surface area contributed by atoms with Crippen LogP contribution in [0, 0.1) is 0 Å². The molecule has 0 radical (unpaired) electrons. The molecule has 0 amide bonds. The molecule has 0 bridgehead atoms. The van der Waals surface area contributed by atoms with Gasteiger partial charge in [0.2, 0.25) is 0 Å². The van der Waals surface area contributed by atoms with Gasteiger partial charge in [0, 0.05) is 0 Å². The zero-order valence-corrected chi connectivity index (χ0v) is 15.4. The third-order valence-electron chi connectivity index (χ3n) is 3.92. The largest absolute Gasteiger partial charge is 0.478 e. The maximum absolute atomic E-state index is 13.5. The molecule has 3 aromatic carbocycles. The van der Waals surface area contributed by atoms with E-state index < -0.39 is 13.6 Å². The van der Waals surface area contributed by atoms with Gasteiger partial charge in [0.05, 0.1) is 24.1 Å². The minimum absolute atomic E-state index is 0.108. The van der Waals surface area contributed by atoms with Crippen molar-refractivity contribution >= 4 is 18.9 Å². The highest BCUT2D eigenvalue weighted by atomic mass is 31.2. The van der Waals surface area contributed by atoms with E-state index in [1.807, 2.05) is 60.7 Å². The first-order chi connectivity index (χ1) is 13.1. The average molecular weight is 382 g/mol. The molecule has 0 aliphatic heterocycles. The molecule has 0 saturated carbocycles. The van der Waals surface area contributed by atoms with Gasteiger partial charge < -0.3 is 14.2 Å². The fraction of sp³-hybridized carbons (Fsp3) is 0.0952. The molecule has 0 fully saturated rings. The molecule has 6 heteroatoms. The van der Waals surface area contributed by atoms with E-state index in [1.165, 1.54) is 24.3 Å². The van der Waals surface area contributed by atoms with Crippen molar-refractivity contribution < 1.29 is 23.5 Å².